The molecule has 2 aromatic heterocycles. The van der Waals surface area contributed by atoms with Crippen LogP contribution < -0.4 is 25.6 Å². The lowest BCUT2D eigenvalue weighted by atomic mass is 10.1. The maximum Gasteiger partial charge on any atom is 0.263 e. The van der Waals surface area contributed by atoms with Gasteiger partial charge in [-0.2, -0.15) is 0 Å². The van der Waals surface area contributed by atoms with Gasteiger partial charge in [-0.05, 0) is 48.9 Å². The van der Waals surface area contributed by atoms with Crippen molar-refractivity contribution in [3.05, 3.63) is 77.3 Å². The minimum absolute atomic E-state index is 0.0207. The summed E-state index contributed by atoms with van der Waals surface area (Å²) < 4.78 is 5.91. The van der Waals surface area contributed by atoms with Crippen LogP contribution >= 0.6 is 11.3 Å². The number of anilines is 2. The van der Waals surface area contributed by atoms with Crippen LogP contribution in [0.3, 0.4) is 0 Å². The van der Waals surface area contributed by atoms with E-state index < -0.39 is 0 Å². The van der Waals surface area contributed by atoms with Crippen LogP contribution in [0.5, 0.6) is 11.5 Å². The Hall–Kier alpha value is -3.62. The van der Waals surface area contributed by atoms with Crippen molar-refractivity contribution in [2.75, 3.05) is 30.0 Å². The van der Waals surface area contributed by atoms with E-state index in [2.05, 4.69) is 38.0 Å². The summed E-state index contributed by atoms with van der Waals surface area (Å²) in [6.45, 7) is 3.13. The average Bonchev–Trinajstić information content (AvgIpc) is 3.51. The highest BCUT2D eigenvalue weighted by atomic mass is 32.1. The zero-order valence-corrected chi connectivity index (χ0v) is 19.4. The molecule has 4 heterocycles. The molecule has 4 aromatic rings. The minimum Gasteiger partial charge on any atom is -0.457 e. The van der Waals surface area contributed by atoms with E-state index in [-0.39, 0.29) is 11.9 Å². The largest absolute Gasteiger partial charge is 0.457 e. The van der Waals surface area contributed by atoms with E-state index in [1.807, 2.05) is 54.7 Å². The monoisotopic (exact) mass is 471 g/mol. The van der Waals surface area contributed by atoms with Crippen molar-refractivity contribution in [3.63, 3.8) is 0 Å². The molecule has 1 atom stereocenters. The van der Waals surface area contributed by atoms with E-state index in [0.29, 0.717) is 11.5 Å². The predicted molar refractivity (Wildman–Crippen MR) is 136 cm³/mol. The Balaban J connectivity index is 1.22. The molecule has 0 spiro atoms. The Morgan fingerprint density at radius 3 is 2.74 bits per heavy atom. The number of carbonyl (C=O) groups excluding carboxylic acids is 1. The predicted octanol–water partition coefficient (Wildman–Crippen LogP) is 4.57. The number of thiophene rings is 1. The molecule has 0 saturated carbocycles. The molecule has 1 saturated heterocycles. The average molecular weight is 472 g/mol. The lowest BCUT2D eigenvalue weighted by molar-refractivity contribution is 0.0945. The minimum atomic E-state index is -0.0207. The molecule has 2 aliphatic heterocycles. The number of benzene rings is 2. The van der Waals surface area contributed by atoms with Crippen molar-refractivity contribution in [2.24, 2.45) is 0 Å². The van der Waals surface area contributed by atoms with Crippen molar-refractivity contribution in [1.82, 2.24) is 15.6 Å². The third-order valence-corrected chi connectivity index (χ3v) is 7.33. The van der Waals surface area contributed by atoms with Crippen molar-refractivity contribution in [2.45, 2.75) is 19.0 Å². The number of para-hydroxylation sites is 1. The number of hydrogen-bond donors (Lipinski definition) is 3. The van der Waals surface area contributed by atoms with Gasteiger partial charge < -0.3 is 25.6 Å². The molecule has 2 aliphatic rings. The number of rotatable bonds is 6. The summed E-state index contributed by atoms with van der Waals surface area (Å²) in [5.41, 5.74) is 3.17. The number of hydrogen-bond acceptors (Lipinski definition) is 7. The van der Waals surface area contributed by atoms with Gasteiger partial charge in [-0.3, -0.25) is 4.79 Å². The van der Waals surface area contributed by atoms with Gasteiger partial charge in [-0.1, -0.05) is 30.3 Å². The summed E-state index contributed by atoms with van der Waals surface area (Å²) in [4.78, 5) is 21.4. The Morgan fingerprint density at radius 2 is 1.94 bits per heavy atom. The first kappa shape index (κ1) is 20.9. The van der Waals surface area contributed by atoms with E-state index >= 15 is 0 Å². The number of nitrogens with one attached hydrogen (secondary N) is 3. The normalized spacial score (nSPS) is 16.9. The molecule has 8 heteroatoms. The van der Waals surface area contributed by atoms with Crippen LogP contribution in [0.2, 0.25) is 0 Å². The van der Waals surface area contributed by atoms with Crippen LogP contribution in [0.25, 0.3) is 10.2 Å². The molecule has 0 radical (unpaired) electrons. The zero-order valence-electron chi connectivity index (χ0n) is 18.6. The molecular formula is C26H25N5O2S. The highest BCUT2D eigenvalue weighted by Crippen LogP contribution is 2.43. The van der Waals surface area contributed by atoms with E-state index in [1.165, 1.54) is 16.9 Å². The summed E-state index contributed by atoms with van der Waals surface area (Å²) in [6, 6.07) is 20.2. The SMILES string of the molecule is O=C(NC1CCNC1)c1sc2nccc3c2c1NCN3Cc1ccc(Oc2ccccc2)cc1. The number of carbonyl (C=O) groups is 1. The third kappa shape index (κ3) is 4.06. The zero-order chi connectivity index (χ0) is 22.9. The molecule has 2 aromatic carbocycles. The Kier molecular flexibility index (Phi) is 5.52. The van der Waals surface area contributed by atoms with Crippen molar-refractivity contribution >= 4 is 38.8 Å². The van der Waals surface area contributed by atoms with Crippen LogP contribution in [0.15, 0.2) is 66.9 Å². The van der Waals surface area contributed by atoms with Gasteiger partial charge in [0.1, 0.15) is 21.2 Å². The molecule has 172 valence electrons. The van der Waals surface area contributed by atoms with Crippen LogP contribution in [0, 0.1) is 0 Å². The summed E-state index contributed by atoms with van der Waals surface area (Å²) in [5, 5.41) is 11.0. The molecule has 1 unspecified atom stereocenters. The first-order chi connectivity index (χ1) is 16.7. The Bertz CT molecular complexity index is 1320. The molecule has 1 fully saturated rings. The second kappa shape index (κ2) is 8.96. The van der Waals surface area contributed by atoms with Crippen LogP contribution in [-0.4, -0.2) is 36.7 Å². The number of aromatic nitrogens is 1. The van der Waals surface area contributed by atoms with E-state index in [4.69, 9.17) is 4.74 Å². The third-order valence-electron chi connectivity index (χ3n) is 6.23. The van der Waals surface area contributed by atoms with E-state index in [0.717, 1.165) is 59.1 Å². The molecule has 34 heavy (non-hydrogen) atoms. The van der Waals surface area contributed by atoms with Gasteiger partial charge >= 0.3 is 0 Å². The van der Waals surface area contributed by atoms with Gasteiger partial charge in [0.15, 0.2) is 0 Å². The van der Waals surface area contributed by atoms with Gasteiger partial charge in [0, 0.05) is 25.3 Å². The maximum atomic E-state index is 13.0. The van der Waals surface area contributed by atoms with Gasteiger partial charge in [0.2, 0.25) is 0 Å². The fourth-order valence-electron chi connectivity index (χ4n) is 4.54. The molecule has 6 rings (SSSR count). The standard InChI is InChI=1S/C26H25N5O2S/c32-25(30-18-10-12-27-14-18)24-23-22-21(11-13-28-26(22)34-24)31(16-29-23)15-17-6-8-20(9-7-17)33-19-4-2-1-3-5-19/h1-9,11,13,18,27,29H,10,12,14-16H2,(H,30,32). The fraction of sp³-hybridized carbons (Fsp3) is 0.231. The van der Waals surface area contributed by atoms with Crippen molar-refractivity contribution < 1.29 is 9.53 Å². The lowest BCUT2D eigenvalue weighted by Gasteiger charge is -2.30. The molecule has 1 amide bonds. The number of nitrogens with zero attached hydrogens (tertiary/aromatic N) is 2. The van der Waals surface area contributed by atoms with Crippen molar-refractivity contribution in [1.29, 1.82) is 0 Å². The highest BCUT2D eigenvalue weighted by molar-refractivity contribution is 7.21. The molecule has 7 nitrogen and oxygen atoms in total. The Labute approximate surface area is 201 Å². The summed E-state index contributed by atoms with van der Waals surface area (Å²) in [6.07, 6.45) is 2.79. The number of amides is 1. The topological polar surface area (TPSA) is 78.5 Å². The summed E-state index contributed by atoms with van der Waals surface area (Å²) >= 11 is 1.46. The second-order valence-corrected chi connectivity index (χ2v) is 9.57. The first-order valence-corrected chi connectivity index (χ1v) is 12.3. The van der Waals surface area contributed by atoms with E-state index in [1.54, 1.807) is 0 Å². The molecule has 3 N–H and O–H groups in total. The molecule has 0 aliphatic carbocycles. The van der Waals surface area contributed by atoms with Gasteiger partial charge in [-0.15, -0.1) is 11.3 Å². The molecular weight excluding hydrogens is 446 g/mol. The van der Waals surface area contributed by atoms with Gasteiger partial charge in [-0.25, -0.2) is 4.98 Å². The first-order valence-electron chi connectivity index (χ1n) is 11.5. The summed E-state index contributed by atoms with van der Waals surface area (Å²) in [5.74, 6) is 1.61. The maximum absolute atomic E-state index is 13.0. The van der Waals surface area contributed by atoms with Gasteiger partial charge in [0.05, 0.1) is 23.4 Å². The van der Waals surface area contributed by atoms with E-state index in [9.17, 15) is 4.79 Å². The van der Waals surface area contributed by atoms with Crippen LogP contribution in [0.1, 0.15) is 21.7 Å². The Morgan fingerprint density at radius 1 is 1.12 bits per heavy atom. The number of pyridine rings is 1. The second-order valence-electron chi connectivity index (χ2n) is 8.57. The fourth-order valence-corrected chi connectivity index (χ4v) is 5.58. The smallest absolute Gasteiger partial charge is 0.263 e. The summed E-state index contributed by atoms with van der Waals surface area (Å²) in [7, 11) is 0. The van der Waals surface area contributed by atoms with Crippen LogP contribution in [-0.2, 0) is 6.54 Å². The highest BCUT2D eigenvalue weighted by Gasteiger charge is 2.28. The van der Waals surface area contributed by atoms with Crippen molar-refractivity contribution in [3.8, 4) is 11.5 Å². The lowest BCUT2D eigenvalue weighted by Crippen LogP contribution is -2.37. The molecule has 0 bridgehead atoms. The number of ether oxygens (including phenoxy) is 1. The van der Waals surface area contributed by atoms with Crippen LogP contribution in [0.4, 0.5) is 11.4 Å². The van der Waals surface area contributed by atoms with Gasteiger partial charge in [0.25, 0.3) is 5.91 Å². The quantitative estimate of drug-likeness (QED) is 0.382.